The number of aromatic nitrogens is 3. The molecule has 0 unspecified atom stereocenters. The molecule has 1 saturated heterocycles. The molecule has 3 aliphatic heterocycles. The highest BCUT2D eigenvalue weighted by atomic mass is 32.1. The number of urea groups is 1. The normalized spacial score (nSPS) is 18.1. The molecule has 0 radical (unpaired) electrons. The number of thiocarbonyl (C=S) groups is 1. The van der Waals surface area contributed by atoms with E-state index in [0.717, 1.165) is 22.6 Å². The Bertz CT molecular complexity index is 2730. The van der Waals surface area contributed by atoms with Crippen LogP contribution < -0.4 is 25.8 Å². The number of Topliss-reactive ketones (excluding diaryl/α,β-unsaturated/α-hetero) is 1. The molecule has 4 heterocycles. The van der Waals surface area contributed by atoms with E-state index in [0.29, 0.717) is 34.5 Å². The van der Waals surface area contributed by atoms with E-state index in [4.69, 9.17) is 12.2 Å². The van der Waals surface area contributed by atoms with Crippen molar-refractivity contribution in [2.24, 2.45) is 12.0 Å². The second-order valence-corrected chi connectivity index (χ2v) is 15.1. The van der Waals surface area contributed by atoms with Gasteiger partial charge >= 0.3 is 12.2 Å². The fourth-order valence-corrected chi connectivity index (χ4v) is 8.26. The summed E-state index contributed by atoms with van der Waals surface area (Å²) >= 11 is 5.55. The van der Waals surface area contributed by atoms with Gasteiger partial charge in [-0.05, 0) is 86.2 Å². The van der Waals surface area contributed by atoms with Crippen LogP contribution in [0.3, 0.4) is 0 Å². The first-order valence-corrected chi connectivity index (χ1v) is 18.6. The molecule has 60 heavy (non-hydrogen) atoms. The van der Waals surface area contributed by atoms with Crippen LogP contribution in [-0.2, 0) is 24.6 Å². The van der Waals surface area contributed by atoms with Crippen LogP contribution in [0.2, 0.25) is 0 Å². The van der Waals surface area contributed by atoms with E-state index in [1.54, 1.807) is 36.0 Å². The highest BCUT2D eigenvalue weighted by Gasteiger charge is 2.51. The Morgan fingerprint density at radius 2 is 1.77 bits per heavy atom. The number of carbonyl (C=O) groups excluding carboxylic acids is 3. The minimum absolute atomic E-state index is 0.0858. The molecule has 0 saturated carbocycles. The third-order valence-electron chi connectivity index (χ3n) is 10.6. The van der Waals surface area contributed by atoms with Gasteiger partial charge in [-0.1, -0.05) is 18.2 Å². The molecule has 3 aliphatic rings. The number of nitriles is 1. The molecule has 3 amide bonds. The van der Waals surface area contributed by atoms with E-state index in [2.05, 4.69) is 31.0 Å². The number of carbonyl (C=O) groups is 3. The third-order valence-corrected chi connectivity index (χ3v) is 11.0. The van der Waals surface area contributed by atoms with Crippen molar-refractivity contribution in [2.75, 3.05) is 27.0 Å². The van der Waals surface area contributed by atoms with Gasteiger partial charge in [0.05, 0.1) is 40.6 Å². The summed E-state index contributed by atoms with van der Waals surface area (Å²) in [6, 6.07) is 16.5. The lowest BCUT2D eigenvalue weighted by Crippen LogP contribution is -2.44. The number of benzene rings is 4. The number of hydrogen-bond acceptors (Lipinski definition) is 9. The van der Waals surface area contributed by atoms with Gasteiger partial charge in [0.25, 0.3) is 5.91 Å². The maximum Gasteiger partial charge on any atom is 0.417 e. The number of aryl methyl sites for hydroxylation is 1. The lowest BCUT2D eigenvalue weighted by Gasteiger charge is -2.37. The molecule has 5 aromatic rings. The van der Waals surface area contributed by atoms with Crippen LogP contribution in [0.4, 0.5) is 49.5 Å². The van der Waals surface area contributed by atoms with Crippen molar-refractivity contribution in [3.8, 4) is 6.07 Å². The summed E-state index contributed by atoms with van der Waals surface area (Å²) in [5.74, 6) is -2.23. The average molecular weight is 839 g/mol. The quantitative estimate of drug-likeness (QED) is 0.114. The molecule has 3 N–H and O–H groups in total. The Labute approximate surface area is 343 Å². The molecule has 0 bridgehead atoms. The highest BCUT2D eigenvalue weighted by Crippen LogP contribution is 2.45. The van der Waals surface area contributed by atoms with Crippen molar-refractivity contribution in [1.82, 2.24) is 20.1 Å². The Kier molecular flexibility index (Phi) is 9.70. The number of rotatable bonds is 7. The van der Waals surface area contributed by atoms with Gasteiger partial charge in [0.2, 0.25) is 0 Å². The predicted molar refractivity (Wildman–Crippen MR) is 214 cm³/mol. The summed E-state index contributed by atoms with van der Waals surface area (Å²) in [6.07, 6.45) is -3.46. The first-order chi connectivity index (χ1) is 28.5. The summed E-state index contributed by atoms with van der Waals surface area (Å²) < 4.78 is 73.1. The van der Waals surface area contributed by atoms with Gasteiger partial charge in [-0.15, -0.1) is 0 Å². The largest absolute Gasteiger partial charge is 0.417 e. The Balaban J connectivity index is 0.959. The minimum atomic E-state index is -4.87. The highest BCUT2D eigenvalue weighted by molar-refractivity contribution is 7.81. The molecule has 19 heteroatoms. The van der Waals surface area contributed by atoms with Crippen molar-refractivity contribution < 1.29 is 36.3 Å². The monoisotopic (exact) mass is 838 g/mol. The SMILES string of the molecule is Cn1ncnc1[C@H]1C2=NCC(=O)c3cc(F)cc(c32)N[C@@H]1c1ccc(NC(=O)NCc2ccc(N3C(=S)N(c4ccc(C#N)c(C(F)(F)F)c4)C(=O)C3(C)C)cc2F)cc1. The van der Waals surface area contributed by atoms with Gasteiger partial charge in [-0.3, -0.25) is 24.2 Å². The van der Waals surface area contributed by atoms with E-state index in [1.807, 2.05) is 0 Å². The second kappa shape index (κ2) is 14.6. The molecule has 1 aromatic heterocycles. The molecule has 2 atom stereocenters. The van der Waals surface area contributed by atoms with Crippen molar-refractivity contribution in [1.29, 1.82) is 5.26 Å². The zero-order valence-corrected chi connectivity index (χ0v) is 32.5. The Morgan fingerprint density at radius 1 is 1.03 bits per heavy atom. The molecule has 13 nitrogen and oxygen atoms in total. The lowest BCUT2D eigenvalue weighted by molar-refractivity contribution is -0.137. The maximum atomic E-state index is 15.6. The summed E-state index contributed by atoms with van der Waals surface area (Å²) in [5.41, 5.74) is -0.377. The number of alkyl halides is 3. The van der Waals surface area contributed by atoms with Crippen LogP contribution >= 0.6 is 12.2 Å². The standard InChI is InChI=1S/C41H31F5N10O3S/c1-40(2)37(58)55(25-10-6-21(16-47)28(14-25)41(44,45)46)39(60)56(40)26-11-7-22(29(43)15-26)17-49-38(59)52-24-8-4-20(5-9-24)34-33(36-50-19-51-54(36)3)35-32-27(31(57)18-48-35)12-23(42)13-30(32)53-34/h4-15,19,33-34,53H,17-18H2,1-3H3,(H2,49,52,59)/t33-,34-/m1/s1. The third kappa shape index (κ3) is 6.77. The predicted octanol–water partition coefficient (Wildman–Crippen LogP) is 7.16. The van der Waals surface area contributed by atoms with Gasteiger partial charge in [0, 0.05) is 47.3 Å². The first-order valence-electron chi connectivity index (χ1n) is 18.2. The van der Waals surface area contributed by atoms with E-state index < -0.39 is 58.4 Å². The van der Waals surface area contributed by atoms with Gasteiger partial charge in [-0.2, -0.15) is 23.5 Å². The van der Waals surface area contributed by atoms with Crippen LogP contribution in [0, 0.1) is 23.0 Å². The van der Waals surface area contributed by atoms with Gasteiger partial charge in [0.1, 0.15) is 35.9 Å². The van der Waals surface area contributed by atoms with Crippen LogP contribution in [-0.4, -0.2) is 55.4 Å². The molecule has 0 aliphatic carbocycles. The van der Waals surface area contributed by atoms with Crippen molar-refractivity contribution >= 4 is 63.5 Å². The summed E-state index contributed by atoms with van der Waals surface area (Å²) in [5, 5.41) is 21.9. The summed E-state index contributed by atoms with van der Waals surface area (Å²) in [6.45, 7) is 2.60. The van der Waals surface area contributed by atoms with Crippen molar-refractivity contribution in [3.63, 3.8) is 0 Å². The zero-order valence-electron chi connectivity index (χ0n) is 31.7. The van der Waals surface area contributed by atoms with Gasteiger partial charge < -0.3 is 20.9 Å². The molecular formula is C41H31F5N10O3S. The number of nitrogens with one attached hydrogen (secondary N) is 3. The van der Waals surface area contributed by atoms with E-state index >= 15 is 4.39 Å². The first kappa shape index (κ1) is 39.7. The van der Waals surface area contributed by atoms with E-state index in [9.17, 15) is 37.2 Å². The van der Waals surface area contributed by atoms with Crippen LogP contribution in [0.15, 0.2) is 84.1 Å². The summed E-state index contributed by atoms with van der Waals surface area (Å²) in [4.78, 5) is 50.6. The number of anilines is 4. The number of ketones is 1. The number of aliphatic imine (C=N–C) groups is 1. The van der Waals surface area contributed by atoms with Crippen LogP contribution in [0.25, 0.3) is 0 Å². The molecule has 304 valence electrons. The van der Waals surface area contributed by atoms with Crippen molar-refractivity contribution in [3.05, 3.63) is 130 Å². The smallest absolute Gasteiger partial charge is 0.376 e. The van der Waals surface area contributed by atoms with Gasteiger partial charge in [-0.25, -0.2) is 18.6 Å². The van der Waals surface area contributed by atoms with Gasteiger partial charge in [0.15, 0.2) is 10.9 Å². The van der Waals surface area contributed by atoms with E-state index in [1.165, 1.54) is 61.5 Å². The molecule has 8 rings (SSSR count). The number of hydrogen-bond donors (Lipinski definition) is 3. The molecule has 4 aromatic carbocycles. The average Bonchev–Trinajstić information content (AvgIpc) is 3.70. The molecule has 1 fully saturated rings. The Morgan fingerprint density at radius 3 is 2.43 bits per heavy atom. The summed E-state index contributed by atoms with van der Waals surface area (Å²) in [7, 11) is 1.74. The zero-order chi connectivity index (χ0) is 42.8. The van der Waals surface area contributed by atoms with E-state index in [-0.39, 0.29) is 46.5 Å². The van der Waals surface area contributed by atoms with Crippen molar-refractivity contribution in [2.45, 2.75) is 44.1 Å². The molecule has 0 spiro atoms. The lowest BCUT2D eigenvalue weighted by atomic mass is 9.78. The second-order valence-electron chi connectivity index (χ2n) is 14.7. The minimum Gasteiger partial charge on any atom is -0.376 e. The fraction of sp³-hybridized carbons (Fsp3) is 0.220. The number of halogens is 5. The number of nitrogens with zero attached hydrogens (tertiary/aromatic N) is 7. The fourth-order valence-electron chi connectivity index (χ4n) is 7.74. The number of amides is 3. The van der Waals surface area contributed by atoms with Crippen LogP contribution in [0.1, 0.15) is 69.8 Å². The molecular weight excluding hydrogens is 808 g/mol. The topological polar surface area (TPSA) is 161 Å². The maximum absolute atomic E-state index is 15.6. The Hall–Kier alpha value is -7.07. The van der Waals surface area contributed by atoms with Crippen LogP contribution in [0.5, 0.6) is 0 Å².